The molecule has 0 bridgehead atoms. The molecular formula is C15H14N4O2. The average molecular weight is 282 g/mol. The third-order valence-electron chi connectivity index (χ3n) is 3.49. The molecule has 1 aromatic heterocycles. The predicted octanol–water partition coefficient (Wildman–Crippen LogP) is 1.09. The number of aromatic nitrogens is 1. The Kier molecular flexibility index (Phi) is 3.37. The van der Waals surface area contributed by atoms with E-state index in [2.05, 4.69) is 10.4 Å². The van der Waals surface area contributed by atoms with Gasteiger partial charge in [-0.25, -0.2) is 10.8 Å². The van der Waals surface area contributed by atoms with Gasteiger partial charge >= 0.3 is 0 Å². The largest absolute Gasteiger partial charge is 0.308 e. The molecule has 0 atom stereocenters. The summed E-state index contributed by atoms with van der Waals surface area (Å²) in [6.45, 7) is 0.152. The number of nitrogens with one attached hydrogen (secondary N) is 1. The third-order valence-corrected chi connectivity index (χ3v) is 3.49. The van der Waals surface area contributed by atoms with E-state index in [9.17, 15) is 9.59 Å². The summed E-state index contributed by atoms with van der Waals surface area (Å²) in [5, 5.41) is 0. The zero-order chi connectivity index (χ0) is 14.8. The molecule has 0 unspecified atom stereocenters. The van der Waals surface area contributed by atoms with Gasteiger partial charge in [-0.1, -0.05) is 24.3 Å². The van der Waals surface area contributed by atoms with E-state index >= 15 is 0 Å². The molecule has 3 N–H and O–H groups in total. The Morgan fingerprint density at radius 3 is 2.81 bits per heavy atom. The number of carbonyl (C=O) groups excluding carboxylic acids is 2. The van der Waals surface area contributed by atoms with Gasteiger partial charge in [-0.3, -0.25) is 14.5 Å². The minimum Gasteiger partial charge on any atom is -0.308 e. The lowest BCUT2D eigenvalue weighted by Gasteiger charge is -2.27. The Bertz CT molecular complexity index is 714. The molecule has 6 nitrogen and oxygen atoms in total. The number of rotatable bonds is 3. The number of pyridine rings is 1. The van der Waals surface area contributed by atoms with Crippen LogP contribution in [0.3, 0.4) is 0 Å². The highest BCUT2D eigenvalue weighted by atomic mass is 16.2. The maximum atomic E-state index is 12.5. The molecule has 6 heteroatoms. The number of benzene rings is 1. The van der Waals surface area contributed by atoms with Crippen LogP contribution in [0.4, 0.5) is 5.82 Å². The van der Waals surface area contributed by atoms with Crippen molar-refractivity contribution in [2.75, 3.05) is 5.43 Å². The van der Waals surface area contributed by atoms with Crippen molar-refractivity contribution in [3.63, 3.8) is 0 Å². The van der Waals surface area contributed by atoms with Gasteiger partial charge in [0.05, 0.1) is 13.0 Å². The molecule has 0 aliphatic carbocycles. The fourth-order valence-corrected chi connectivity index (χ4v) is 2.43. The van der Waals surface area contributed by atoms with E-state index in [-0.39, 0.29) is 24.8 Å². The molecule has 106 valence electrons. The van der Waals surface area contributed by atoms with Gasteiger partial charge in [0.1, 0.15) is 5.82 Å². The normalized spacial score (nSPS) is 14.0. The molecule has 0 saturated carbocycles. The number of anilines is 1. The molecule has 2 amide bonds. The molecule has 21 heavy (non-hydrogen) atoms. The Balaban J connectivity index is 1.93. The van der Waals surface area contributed by atoms with Crippen molar-refractivity contribution in [3.8, 4) is 0 Å². The Hall–Kier alpha value is -2.73. The smallest absolute Gasteiger partial charge is 0.261 e. The first-order valence-electron chi connectivity index (χ1n) is 6.54. The summed E-state index contributed by atoms with van der Waals surface area (Å²) in [4.78, 5) is 30.0. The van der Waals surface area contributed by atoms with E-state index in [1.807, 2.05) is 6.07 Å². The molecule has 1 aromatic carbocycles. The zero-order valence-corrected chi connectivity index (χ0v) is 11.2. The van der Waals surface area contributed by atoms with Gasteiger partial charge in [0.25, 0.3) is 5.91 Å². The molecule has 0 spiro atoms. The van der Waals surface area contributed by atoms with Crippen molar-refractivity contribution < 1.29 is 9.59 Å². The molecule has 1 aliphatic rings. The number of nitrogens with zero attached hydrogens (tertiary/aromatic N) is 2. The van der Waals surface area contributed by atoms with Crippen LogP contribution in [0.5, 0.6) is 0 Å². The summed E-state index contributed by atoms with van der Waals surface area (Å²) in [5.41, 5.74) is 4.51. The third kappa shape index (κ3) is 2.36. The molecular weight excluding hydrogens is 268 g/mol. The summed E-state index contributed by atoms with van der Waals surface area (Å²) in [5.74, 6) is 5.36. The molecule has 0 saturated heterocycles. The number of imide groups is 1. The van der Waals surface area contributed by atoms with Gasteiger partial charge in [0, 0.05) is 17.3 Å². The van der Waals surface area contributed by atoms with Crippen molar-refractivity contribution in [1.82, 2.24) is 9.88 Å². The number of hydrazine groups is 1. The Labute approximate surface area is 121 Å². The average Bonchev–Trinajstić information content (AvgIpc) is 2.52. The van der Waals surface area contributed by atoms with Gasteiger partial charge in [0.2, 0.25) is 5.91 Å². The van der Waals surface area contributed by atoms with Gasteiger partial charge < -0.3 is 5.43 Å². The number of hydrogen-bond donors (Lipinski definition) is 2. The van der Waals surface area contributed by atoms with Crippen LogP contribution in [0.2, 0.25) is 0 Å². The molecule has 3 rings (SSSR count). The molecule has 0 fully saturated rings. The van der Waals surface area contributed by atoms with Gasteiger partial charge in [0.15, 0.2) is 0 Å². The highest BCUT2D eigenvalue weighted by molar-refractivity contribution is 6.09. The van der Waals surface area contributed by atoms with E-state index in [0.717, 1.165) is 5.56 Å². The van der Waals surface area contributed by atoms with Gasteiger partial charge in [-0.15, -0.1) is 0 Å². The summed E-state index contributed by atoms with van der Waals surface area (Å²) in [6, 6.07) is 10.7. The summed E-state index contributed by atoms with van der Waals surface area (Å²) in [7, 11) is 0. The second kappa shape index (κ2) is 5.34. The number of nitrogen functional groups attached to an aromatic ring is 1. The Morgan fingerprint density at radius 1 is 1.19 bits per heavy atom. The number of nitrogens with two attached hydrogens (primary N) is 1. The van der Waals surface area contributed by atoms with Crippen molar-refractivity contribution in [1.29, 1.82) is 0 Å². The van der Waals surface area contributed by atoms with Gasteiger partial charge in [-0.2, -0.15) is 0 Å². The topological polar surface area (TPSA) is 88.3 Å². The molecule has 0 radical (unpaired) electrons. The standard InChI is InChI=1S/C15H14N4O2/c16-18-14-11(5-3-7-17-14)9-19-13(20)8-10-4-1-2-6-12(10)15(19)21/h1-7H,8-9,16H2,(H,17,18). The summed E-state index contributed by atoms with van der Waals surface area (Å²) in [6.07, 6.45) is 1.82. The van der Waals surface area contributed by atoms with E-state index in [4.69, 9.17) is 5.84 Å². The number of amides is 2. The molecule has 2 heterocycles. The predicted molar refractivity (Wildman–Crippen MR) is 77.1 cm³/mol. The quantitative estimate of drug-likeness (QED) is 0.500. The van der Waals surface area contributed by atoms with E-state index in [0.29, 0.717) is 16.9 Å². The number of carbonyl (C=O) groups is 2. The fraction of sp³-hybridized carbons (Fsp3) is 0.133. The van der Waals surface area contributed by atoms with Crippen LogP contribution in [0.1, 0.15) is 21.5 Å². The van der Waals surface area contributed by atoms with Crippen LogP contribution in [0.15, 0.2) is 42.6 Å². The lowest BCUT2D eigenvalue weighted by atomic mass is 9.98. The monoisotopic (exact) mass is 282 g/mol. The SMILES string of the molecule is NNc1ncccc1CN1C(=O)Cc2ccccc2C1=O. The second-order valence-electron chi connectivity index (χ2n) is 4.77. The van der Waals surface area contributed by atoms with E-state index in [1.54, 1.807) is 36.5 Å². The number of fused-ring (bicyclic) bond motifs is 1. The first-order valence-corrected chi connectivity index (χ1v) is 6.54. The van der Waals surface area contributed by atoms with Crippen LogP contribution >= 0.6 is 0 Å². The van der Waals surface area contributed by atoms with Gasteiger partial charge in [-0.05, 0) is 17.7 Å². The maximum absolute atomic E-state index is 12.5. The van der Waals surface area contributed by atoms with Crippen molar-refractivity contribution in [2.24, 2.45) is 5.84 Å². The summed E-state index contributed by atoms with van der Waals surface area (Å²) < 4.78 is 0. The van der Waals surface area contributed by atoms with Crippen LogP contribution in [0.25, 0.3) is 0 Å². The highest BCUT2D eigenvalue weighted by Crippen LogP contribution is 2.22. The first kappa shape index (κ1) is 13.3. The first-order chi connectivity index (χ1) is 10.2. The van der Waals surface area contributed by atoms with E-state index < -0.39 is 0 Å². The van der Waals surface area contributed by atoms with Crippen molar-refractivity contribution >= 4 is 17.6 Å². The fourth-order valence-electron chi connectivity index (χ4n) is 2.43. The van der Waals surface area contributed by atoms with Crippen LogP contribution < -0.4 is 11.3 Å². The van der Waals surface area contributed by atoms with E-state index in [1.165, 1.54) is 4.90 Å². The lowest BCUT2D eigenvalue weighted by Crippen LogP contribution is -2.41. The van der Waals surface area contributed by atoms with Crippen LogP contribution in [-0.4, -0.2) is 21.7 Å². The zero-order valence-electron chi connectivity index (χ0n) is 11.2. The molecule has 2 aromatic rings. The maximum Gasteiger partial charge on any atom is 0.261 e. The lowest BCUT2D eigenvalue weighted by molar-refractivity contribution is -0.128. The number of hydrogen-bond acceptors (Lipinski definition) is 5. The minimum absolute atomic E-state index is 0.152. The van der Waals surface area contributed by atoms with Crippen molar-refractivity contribution in [3.05, 3.63) is 59.3 Å². The molecule has 1 aliphatic heterocycles. The Morgan fingerprint density at radius 2 is 2.00 bits per heavy atom. The minimum atomic E-state index is -0.284. The summed E-state index contributed by atoms with van der Waals surface area (Å²) >= 11 is 0. The van der Waals surface area contributed by atoms with Crippen LogP contribution in [-0.2, 0) is 17.8 Å². The van der Waals surface area contributed by atoms with Crippen molar-refractivity contribution in [2.45, 2.75) is 13.0 Å². The van der Waals surface area contributed by atoms with Crippen LogP contribution in [0, 0.1) is 0 Å². The highest BCUT2D eigenvalue weighted by Gasteiger charge is 2.30. The second-order valence-corrected chi connectivity index (χ2v) is 4.77.